The van der Waals surface area contributed by atoms with Crippen molar-refractivity contribution in [3.05, 3.63) is 47.5 Å². The summed E-state index contributed by atoms with van der Waals surface area (Å²) in [7, 11) is 0. The van der Waals surface area contributed by atoms with Crippen LogP contribution in [0.15, 0.2) is 36.4 Å². The lowest BCUT2D eigenvalue weighted by Crippen LogP contribution is -2.42. The molecule has 1 aromatic carbocycles. The van der Waals surface area contributed by atoms with E-state index in [1.165, 1.54) is 5.56 Å². The lowest BCUT2D eigenvalue weighted by atomic mass is 9.82. The summed E-state index contributed by atoms with van der Waals surface area (Å²) in [5.74, 6) is -1.24. The van der Waals surface area contributed by atoms with Crippen LogP contribution in [0.5, 0.6) is 0 Å². The molecule has 9 nitrogen and oxygen atoms in total. The fraction of sp³-hybridized carbons (Fsp3) is 0.667. The monoisotopic (exact) mass is 548 g/mol. The molecular formula is C30H48N2O7. The highest BCUT2D eigenvalue weighted by Crippen LogP contribution is 2.40. The Balaban J connectivity index is 1.61. The molecule has 1 fully saturated rings. The number of hydrogen-bond acceptors (Lipinski definition) is 8. The Bertz CT molecular complexity index is 890. The molecule has 39 heavy (non-hydrogen) atoms. The third-order valence-corrected chi connectivity index (χ3v) is 7.20. The molecule has 0 bridgehead atoms. The van der Waals surface area contributed by atoms with Crippen LogP contribution in [0.1, 0.15) is 70.6 Å². The molecule has 6 atom stereocenters. The van der Waals surface area contributed by atoms with Gasteiger partial charge in [-0.15, -0.1) is 0 Å². The van der Waals surface area contributed by atoms with Gasteiger partial charge in [0.15, 0.2) is 6.10 Å². The molecule has 1 saturated heterocycles. The topological polar surface area (TPSA) is 137 Å². The van der Waals surface area contributed by atoms with Crippen molar-refractivity contribution in [3.63, 3.8) is 0 Å². The first-order valence-corrected chi connectivity index (χ1v) is 14.1. The van der Waals surface area contributed by atoms with E-state index in [0.717, 1.165) is 31.4 Å². The Kier molecular flexibility index (Phi) is 14.7. The Morgan fingerprint density at radius 1 is 1.13 bits per heavy atom. The highest BCUT2D eigenvalue weighted by molar-refractivity contribution is 5.79. The van der Waals surface area contributed by atoms with Gasteiger partial charge in [0.25, 0.3) is 0 Å². The highest BCUT2D eigenvalue weighted by Gasteiger charge is 2.33. The van der Waals surface area contributed by atoms with Crippen molar-refractivity contribution in [3.8, 4) is 0 Å². The summed E-state index contributed by atoms with van der Waals surface area (Å²) in [5.41, 5.74) is 2.08. The van der Waals surface area contributed by atoms with E-state index in [-0.39, 0.29) is 31.6 Å². The fourth-order valence-corrected chi connectivity index (χ4v) is 4.78. The molecule has 0 aromatic heterocycles. The average molecular weight is 549 g/mol. The highest BCUT2D eigenvalue weighted by atomic mass is 16.6. The van der Waals surface area contributed by atoms with Crippen LogP contribution in [-0.2, 0) is 25.7 Å². The number of ether oxygens (including phenoxy) is 2. The van der Waals surface area contributed by atoms with Crippen LogP contribution in [0.2, 0.25) is 0 Å². The Hall–Kier alpha value is -2.30. The first kappa shape index (κ1) is 32.9. The first-order valence-electron chi connectivity index (χ1n) is 14.1. The van der Waals surface area contributed by atoms with Crippen molar-refractivity contribution in [2.45, 2.75) is 78.4 Å². The number of carboxylic acid groups (broad SMARTS) is 1. The van der Waals surface area contributed by atoms with Crippen LogP contribution in [0, 0.1) is 23.7 Å². The molecule has 0 amide bonds. The van der Waals surface area contributed by atoms with Gasteiger partial charge in [-0.2, -0.15) is 0 Å². The molecule has 6 unspecified atom stereocenters. The summed E-state index contributed by atoms with van der Waals surface area (Å²) in [6.45, 7) is 9.60. The molecule has 2 rings (SSSR count). The predicted molar refractivity (Wildman–Crippen MR) is 150 cm³/mol. The van der Waals surface area contributed by atoms with E-state index in [2.05, 4.69) is 41.8 Å². The van der Waals surface area contributed by atoms with E-state index in [9.17, 15) is 24.9 Å². The summed E-state index contributed by atoms with van der Waals surface area (Å²) >= 11 is 0. The minimum Gasteiger partial charge on any atom is -0.479 e. The van der Waals surface area contributed by atoms with Crippen LogP contribution in [0.4, 0.5) is 0 Å². The zero-order valence-corrected chi connectivity index (χ0v) is 23.8. The van der Waals surface area contributed by atoms with E-state index < -0.39 is 30.2 Å². The third-order valence-electron chi connectivity index (χ3n) is 7.20. The van der Waals surface area contributed by atoms with Crippen LogP contribution >= 0.6 is 0 Å². The van der Waals surface area contributed by atoms with Crippen LogP contribution in [0.3, 0.4) is 0 Å². The quantitative estimate of drug-likeness (QED) is 0.0809. The summed E-state index contributed by atoms with van der Waals surface area (Å²) < 4.78 is 11.2. The van der Waals surface area contributed by atoms with Gasteiger partial charge in [0.1, 0.15) is 6.23 Å². The minimum atomic E-state index is -1.15. The number of aliphatic carboxylic acids is 1. The SMILES string of the molecule is CC(C)CC(OC(=O)C(C)CNC(O)CNCC=CCCC(C)C1CCOC1c1ccc(CO)cc1)C(=O)O. The maximum atomic E-state index is 12.2. The van der Waals surface area contributed by atoms with Gasteiger partial charge in [0, 0.05) is 26.2 Å². The number of carboxylic acids is 1. The van der Waals surface area contributed by atoms with Crippen molar-refractivity contribution < 1.29 is 34.4 Å². The van der Waals surface area contributed by atoms with E-state index in [4.69, 9.17) is 9.47 Å². The number of benzene rings is 1. The van der Waals surface area contributed by atoms with E-state index in [1.807, 2.05) is 26.0 Å². The van der Waals surface area contributed by atoms with Gasteiger partial charge in [0.2, 0.25) is 0 Å². The first-order chi connectivity index (χ1) is 18.6. The maximum absolute atomic E-state index is 12.2. The van der Waals surface area contributed by atoms with Gasteiger partial charge >= 0.3 is 11.9 Å². The normalized spacial score (nSPS) is 20.7. The number of carbonyl (C=O) groups excluding carboxylic acids is 1. The van der Waals surface area contributed by atoms with Gasteiger partial charge in [-0.25, -0.2) is 4.79 Å². The van der Waals surface area contributed by atoms with E-state index in [0.29, 0.717) is 24.9 Å². The number of rotatable bonds is 18. The van der Waals surface area contributed by atoms with Crippen molar-refractivity contribution in [1.29, 1.82) is 0 Å². The second-order valence-electron chi connectivity index (χ2n) is 11.0. The summed E-state index contributed by atoms with van der Waals surface area (Å²) in [6, 6.07) is 8.04. The molecule has 1 heterocycles. The van der Waals surface area contributed by atoms with Gasteiger partial charge < -0.3 is 30.1 Å². The Labute approximate surface area is 233 Å². The molecule has 1 aliphatic rings. The molecule has 9 heteroatoms. The number of nitrogens with one attached hydrogen (secondary N) is 2. The number of aliphatic hydroxyl groups excluding tert-OH is 2. The standard InChI is InChI=1S/C30H48N2O7/c1-20(2)16-26(29(35)36)39-30(37)22(4)17-32-27(34)18-31-14-7-5-6-8-21(3)25-13-15-38-28(25)24-11-9-23(19-33)10-12-24/h5,7,9-12,20-22,25-28,31-34H,6,8,13-19H2,1-4H3,(H,35,36). The average Bonchev–Trinajstić information content (AvgIpc) is 3.40. The van der Waals surface area contributed by atoms with Crippen molar-refractivity contribution in [1.82, 2.24) is 10.6 Å². The van der Waals surface area contributed by atoms with Gasteiger partial charge in [-0.1, -0.05) is 64.1 Å². The number of esters is 1. The summed E-state index contributed by atoms with van der Waals surface area (Å²) in [5, 5.41) is 34.7. The lowest BCUT2D eigenvalue weighted by Gasteiger charge is -2.25. The molecule has 1 aliphatic heterocycles. The molecule has 5 N–H and O–H groups in total. The van der Waals surface area contributed by atoms with Crippen LogP contribution in [-0.4, -0.2) is 65.8 Å². The number of aliphatic hydroxyl groups is 2. The van der Waals surface area contributed by atoms with Crippen LogP contribution < -0.4 is 10.6 Å². The van der Waals surface area contributed by atoms with Crippen molar-refractivity contribution in [2.75, 3.05) is 26.2 Å². The maximum Gasteiger partial charge on any atom is 0.345 e. The Morgan fingerprint density at radius 2 is 1.85 bits per heavy atom. The van der Waals surface area contributed by atoms with Crippen molar-refractivity contribution in [2.24, 2.45) is 23.7 Å². The minimum absolute atomic E-state index is 0.0488. The van der Waals surface area contributed by atoms with E-state index in [1.54, 1.807) is 6.92 Å². The zero-order chi connectivity index (χ0) is 28.8. The number of allylic oxidation sites excluding steroid dienone is 1. The molecule has 0 aliphatic carbocycles. The fourth-order valence-electron chi connectivity index (χ4n) is 4.78. The number of hydrogen-bond donors (Lipinski definition) is 5. The van der Waals surface area contributed by atoms with Gasteiger partial charge in [-0.05, 0) is 54.6 Å². The largest absolute Gasteiger partial charge is 0.479 e. The number of carbonyl (C=O) groups is 2. The smallest absolute Gasteiger partial charge is 0.345 e. The second kappa shape index (κ2) is 17.4. The predicted octanol–water partition coefficient (Wildman–Crippen LogP) is 3.41. The van der Waals surface area contributed by atoms with Crippen LogP contribution in [0.25, 0.3) is 0 Å². The van der Waals surface area contributed by atoms with Gasteiger partial charge in [0.05, 0.1) is 18.6 Å². The van der Waals surface area contributed by atoms with E-state index >= 15 is 0 Å². The Morgan fingerprint density at radius 3 is 2.49 bits per heavy atom. The molecule has 220 valence electrons. The third kappa shape index (κ3) is 11.8. The van der Waals surface area contributed by atoms with Gasteiger partial charge in [-0.3, -0.25) is 10.1 Å². The molecule has 0 saturated carbocycles. The van der Waals surface area contributed by atoms with Crippen molar-refractivity contribution >= 4 is 11.9 Å². The molecule has 0 spiro atoms. The summed E-state index contributed by atoms with van der Waals surface area (Å²) in [6.07, 6.45) is 5.65. The molecule has 0 radical (unpaired) electrons. The zero-order valence-electron chi connectivity index (χ0n) is 23.8. The summed E-state index contributed by atoms with van der Waals surface area (Å²) in [4.78, 5) is 23.5. The second-order valence-corrected chi connectivity index (χ2v) is 11.0. The molecular weight excluding hydrogens is 500 g/mol. The molecule has 1 aromatic rings. The lowest BCUT2D eigenvalue weighted by molar-refractivity contribution is -0.167.